The number of imidazole rings is 1. The number of aromatic nitrogens is 4. The first-order chi connectivity index (χ1) is 11.7. The maximum atomic E-state index is 13.4. The molecule has 0 spiro atoms. The summed E-state index contributed by atoms with van der Waals surface area (Å²) in [6, 6.07) is 7.19. The molecule has 0 saturated heterocycles. The molecule has 3 aromatic heterocycles. The van der Waals surface area contributed by atoms with Crippen LogP contribution in [0.3, 0.4) is 0 Å². The molecule has 7 heteroatoms. The highest BCUT2D eigenvalue weighted by atomic mass is 19.1. The fourth-order valence-corrected chi connectivity index (χ4v) is 3.14. The van der Waals surface area contributed by atoms with Crippen molar-refractivity contribution in [3.8, 4) is 11.3 Å². The third-order valence-corrected chi connectivity index (χ3v) is 4.43. The van der Waals surface area contributed by atoms with E-state index in [0.717, 1.165) is 31.5 Å². The molecule has 0 bridgehead atoms. The summed E-state index contributed by atoms with van der Waals surface area (Å²) in [7, 11) is 0. The molecule has 0 radical (unpaired) electrons. The molecule has 1 saturated carbocycles. The monoisotopic (exact) mass is 327 g/mol. The Morgan fingerprint density at radius 2 is 1.96 bits per heavy atom. The van der Waals surface area contributed by atoms with Crippen molar-refractivity contribution in [2.24, 2.45) is 0 Å². The van der Waals surface area contributed by atoms with Gasteiger partial charge in [-0.2, -0.15) is 4.39 Å². The van der Waals surface area contributed by atoms with Crippen molar-refractivity contribution in [2.45, 2.75) is 37.8 Å². The largest absolute Gasteiger partial charge is 0.393 e. The molecule has 3 heterocycles. The SMILES string of the molecule is O[C@H]1CC[C@H](Nc2ccc3ncc(-c4ccnc(F)c4)n3n2)CC1. The number of rotatable bonds is 3. The molecule has 1 aliphatic carbocycles. The summed E-state index contributed by atoms with van der Waals surface area (Å²) in [5, 5.41) is 17.6. The number of hydrogen-bond acceptors (Lipinski definition) is 5. The molecule has 6 nitrogen and oxygen atoms in total. The second kappa shape index (κ2) is 6.16. The number of anilines is 1. The third-order valence-electron chi connectivity index (χ3n) is 4.43. The first-order valence-corrected chi connectivity index (χ1v) is 8.10. The van der Waals surface area contributed by atoms with Gasteiger partial charge in [-0.1, -0.05) is 0 Å². The molecule has 1 fully saturated rings. The molecule has 0 unspecified atom stereocenters. The standard InChI is InChI=1S/C17H18FN5O/c18-15-9-11(7-8-19-15)14-10-20-17-6-5-16(22-23(14)17)21-12-1-3-13(24)4-2-12/h5-10,12-13,24H,1-4H2,(H,21,22)/t12-,13-. The second-order valence-electron chi connectivity index (χ2n) is 6.15. The van der Waals surface area contributed by atoms with E-state index in [9.17, 15) is 9.50 Å². The van der Waals surface area contributed by atoms with Crippen molar-refractivity contribution in [1.29, 1.82) is 0 Å². The average Bonchev–Trinajstić information content (AvgIpc) is 3.00. The highest BCUT2D eigenvalue weighted by Gasteiger charge is 2.19. The minimum atomic E-state index is -0.530. The molecular weight excluding hydrogens is 309 g/mol. The van der Waals surface area contributed by atoms with E-state index in [1.807, 2.05) is 12.1 Å². The lowest BCUT2D eigenvalue weighted by atomic mass is 9.93. The molecular formula is C17H18FN5O. The second-order valence-corrected chi connectivity index (χ2v) is 6.15. The highest BCUT2D eigenvalue weighted by molar-refractivity contribution is 5.63. The van der Waals surface area contributed by atoms with Gasteiger partial charge in [0.15, 0.2) is 5.65 Å². The van der Waals surface area contributed by atoms with Crippen molar-refractivity contribution >= 4 is 11.5 Å². The Balaban J connectivity index is 1.63. The average molecular weight is 327 g/mol. The van der Waals surface area contributed by atoms with Crippen LogP contribution in [-0.2, 0) is 0 Å². The minimum absolute atomic E-state index is 0.180. The summed E-state index contributed by atoms with van der Waals surface area (Å²) in [5.41, 5.74) is 2.10. The Kier molecular flexibility index (Phi) is 3.86. The van der Waals surface area contributed by atoms with Crippen molar-refractivity contribution in [1.82, 2.24) is 19.6 Å². The van der Waals surface area contributed by atoms with E-state index in [0.29, 0.717) is 22.9 Å². The summed E-state index contributed by atoms with van der Waals surface area (Å²) in [6.45, 7) is 0. The van der Waals surface area contributed by atoms with E-state index in [-0.39, 0.29) is 6.10 Å². The molecule has 0 amide bonds. The number of nitrogens with zero attached hydrogens (tertiary/aromatic N) is 4. The first kappa shape index (κ1) is 15.0. The zero-order valence-corrected chi connectivity index (χ0v) is 13.1. The van der Waals surface area contributed by atoms with E-state index >= 15 is 0 Å². The molecule has 124 valence electrons. The Morgan fingerprint density at radius 1 is 1.12 bits per heavy atom. The van der Waals surface area contributed by atoms with Crippen LogP contribution < -0.4 is 5.32 Å². The van der Waals surface area contributed by atoms with Gasteiger partial charge in [-0.15, -0.1) is 5.10 Å². The van der Waals surface area contributed by atoms with Gasteiger partial charge >= 0.3 is 0 Å². The van der Waals surface area contributed by atoms with Crippen molar-refractivity contribution < 1.29 is 9.50 Å². The van der Waals surface area contributed by atoms with Crippen molar-refractivity contribution in [3.05, 3.63) is 42.6 Å². The highest BCUT2D eigenvalue weighted by Crippen LogP contribution is 2.23. The van der Waals surface area contributed by atoms with E-state index in [2.05, 4.69) is 20.4 Å². The number of aliphatic hydroxyl groups excluding tert-OH is 1. The molecule has 4 rings (SSSR count). The van der Waals surface area contributed by atoms with E-state index < -0.39 is 5.95 Å². The van der Waals surface area contributed by atoms with Gasteiger partial charge in [0, 0.05) is 23.9 Å². The summed E-state index contributed by atoms with van der Waals surface area (Å²) in [6.07, 6.45) is 6.40. The predicted octanol–water partition coefficient (Wildman–Crippen LogP) is 2.65. The number of pyridine rings is 1. The van der Waals surface area contributed by atoms with Crippen LogP contribution in [0.15, 0.2) is 36.7 Å². The number of aliphatic hydroxyl groups is 1. The maximum absolute atomic E-state index is 13.4. The number of nitrogens with one attached hydrogen (secondary N) is 1. The number of fused-ring (bicyclic) bond motifs is 1. The molecule has 3 aromatic rings. The maximum Gasteiger partial charge on any atom is 0.213 e. The fraction of sp³-hybridized carbons (Fsp3) is 0.353. The Labute approximate surface area is 138 Å². The number of hydrogen-bond donors (Lipinski definition) is 2. The van der Waals surface area contributed by atoms with E-state index in [1.165, 1.54) is 12.3 Å². The Morgan fingerprint density at radius 3 is 2.75 bits per heavy atom. The van der Waals surface area contributed by atoms with Gasteiger partial charge in [0.05, 0.1) is 18.0 Å². The van der Waals surface area contributed by atoms with Crippen LogP contribution in [-0.4, -0.2) is 36.8 Å². The van der Waals surface area contributed by atoms with Gasteiger partial charge in [0.2, 0.25) is 5.95 Å². The van der Waals surface area contributed by atoms with Gasteiger partial charge in [-0.25, -0.2) is 14.5 Å². The molecule has 2 N–H and O–H groups in total. The van der Waals surface area contributed by atoms with Gasteiger partial charge in [0.1, 0.15) is 5.82 Å². The first-order valence-electron chi connectivity index (χ1n) is 8.10. The van der Waals surface area contributed by atoms with Gasteiger partial charge in [0.25, 0.3) is 0 Å². The third kappa shape index (κ3) is 2.94. The fourth-order valence-electron chi connectivity index (χ4n) is 3.14. The summed E-state index contributed by atoms with van der Waals surface area (Å²) in [4.78, 5) is 7.90. The van der Waals surface area contributed by atoms with E-state index in [4.69, 9.17) is 0 Å². The Bertz CT molecular complexity index is 857. The zero-order valence-electron chi connectivity index (χ0n) is 13.1. The topological polar surface area (TPSA) is 75.3 Å². The summed E-state index contributed by atoms with van der Waals surface area (Å²) < 4.78 is 15.1. The zero-order chi connectivity index (χ0) is 16.5. The predicted molar refractivity (Wildman–Crippen MR) is 88.1 cm³/mol. The van der Waals surface area contributed by atoms with Crippen LogP contribution in [0.4, 0.5) is 10.2 Å². The lowest BCUT2D eigenvalue weighted by Crippen LogP contribution is -2.28. The van der Waals surface area contributed by atoms with E-state index in [1.54, 1.807) is 16.8 Å². The lowest BCUT2D eigenvalue weighted by molar-refractivity contribution is 0.126. The molecule has 1 aliphatic rings. The van der Waals surface area contributed by atoms with Crippen LogP contribution in [0, 0.1) is 5.95 Å². The molecule has 0 aromatic carbocycles. The normalized spacial score (nSPS) is 21.1. The van der Waals surface area contributed by atoms with Gasteiger partial charge in [-0.3, -0.25) is 0 Å². The molecule has 0 atom stereocenters. The van der Waals surface area contributed by atoms with Gasteiger partial charge < -0.3 is 10.4 Å². The van der Waals surface area contributed by atoms with Crippen LogP contribution in [0.2, 0.25) is 0 Å². The van der Waals surface area contributed by atoms with Gasteiger partial charge in [-0.05, 0) is 43.9 Å². The van der Waals surface area contributed by atoms with Crippen molar-refractivity contribution in [2.75, 3.05) is 5.32 Å². The van der Waals surface area contributed by atoms with Crippen LogP contribution in [0.5, 0.6) is 0 Å². The van der Waals surface area contributed by atoms with Crippen LogP contribution in [0.25, 0.3) is 16.9 Å². The van der Waals surface area contributed by atoms with Crippen LogP contribution in [0.1, 0.15) is 25.7 Å². The molecule has 0 aliphatic heterocycles. The number of halogens is 1. The van der Waals surface area contributed by atoms with Crippen molar-refractivity contribution in [3.63, 3.8) is 0 Å². The Hall–Kier alpha value is -2.54. The quantitative estimate of drug-likeness (QED) is 0.723. The summed E-state index contributed by atoms with van der Waals surface area (Å²) >= 11 is 0. The lowest BCUT2D eigenvalue weighted by Gasteiger charge is -2.26. The minimum Gasteiger partial charge on any atom is -0.393 e. The summed E-state index contributed by atoms with van der Waals surface area (Å²) in [5.74, 6) is 0.218. The smallest absolute Gasteiger partial charge is 0.213 e. The van der Waals surface area contributed by atoms with Crippen LogP contribution >= 0.6 is 0 Å². The molecule has 24 heavy (non-hydrogen) atoms.